The number of amides is 1. The molecule has 1 heterocycles. The van der Waals surface area contributed by atoms with E-state index in [1.165, 1.54) is 12.1 Å². The number of benzene rings is 1. The molecule has 1 aromatic carbocycles. The Balaban J connectivity index is 2.12. The van der Waals surface area contributed by atoms with Crippen LogP contribution in [0.3, 0.4) is 0 Å². The largest absolute Gasteiger partial charge is 0.455 e. The van der Waals surface area contributed by atoms with Crippen molar-refractivity contribution in [2.75, 3.05) is 16.3 Å². The maximum absolute atomic E-state index is 12.0. The van der Waals surface area contributed by atoms with E-state index < -0.39 is 15.9 Å². The van der Waals surface area contributed by atoms with Crippen molar-refractivity contribution in [1.29, 1.82) is 0 Å². The number of rotatable bonds is 5. The van der Waals surface area contributed by atoms with E-state index in [4.69, 9.17) is 10.2 Å². The van der Waals surface area contributed by atoms with Crippen LogP contribution in [0.25, 0.3) is 0 Å². The van der Waals surface area contributed by atoms with Gasteiger partial charge in [-0.1, -0.05) is 6.07 Å². The summed E-state index contributed by atoms with van der Waals surface area (Å²) in [5, 5.41) is 2.61. The van der Waals surface area contributed by atoms with Crippen molar-refractivity contribution in [3.63, 3.8) is 0 Å². The summed E-state index contributed by atoms with van der Waals surface area (Å²) < 4.78 is 29.9. The van der Waals surface area contributed by atoms with Crippen molar-refractivity contribution in [2.45, 2.75) is 6.54 Å². The van der Waals surface area contributed by atoms with E-state index in [0.717, 1.165) is 6.26 Å². The fraction of sp³-hybridized carbons (Fsp3) is 0.154. The van der Waals surface area contributed by atoms with E-state index in [-0.39, 0.29) is 12.3 Å². The second-order valence-electron chi connectivity index (χ2n) is 4.38. The van der Waals surface area contributed by atoms with Crippen LogP contribution in [0, 0.1) is 0 Å². The third-order valence-corrected chi connectivity index (χ3v) is 3.12. The van der Waals surface area contributed by atoms with Gasteiger partial charge in [-0.2, -0.15) is 0 Å². The maximum Gasteiger partial charge on any atom is 0.291 e. The Morgan fingerprint density at radius 3 is 2.57 bits per heavy atom. The lowest BCUT2D eigenvalue weighted by molar-refractivity contribution is 0.0995. The summed E-state index contributed by atoms with van der Waals surface area (Å²) in [5.74, 6) is 0.204. The third-order valence-electron chi connectivity index (χ3n) is 2.51. The molecule has 21 heavy (non-hydrogen) atoms. The van der Waals surface area contributed by atoms with Crippen LogP contribution < -0.4 is 15.8 Å². The van der Waals surface area contributed by atoms with Crippen LogP contribution in [0.1, 0.15) is 16.3 Å². The van der Waals surface area contributed by atoms with Gasteiger partial charge in [0.1, 0.15) is 5.76 Å². The summed E-state index contributed by atoms with van der Waals surface area (Å²) in [7, 11) is -3.37. The first-order valence-corrected chi connectivity index (χ1v) is 7.94. The monoisotopic (exact) mass is 309 g/mol. The predicted octanol–water partition coefficient (Wildman–Crippen LogP) is 1.36. The van der Waals surface area contributed by atoms with Gasteiger partial charge < -0.3 is 15.5 Å². The van der Waals surface area contributed by atoms with Gasteiger partial charge in [0.25, 0.3) is 5.91 Å². The van der Waals surface area contributed by atoms with Crippen LogP contribution in [0.15, 0.2) is 40.8 Å². The Bertz CT molecular complexity index is 752. The highest BCUT2D eigenvalue weighted by atomic mass is 32.2. The summed E-state index contributed by atoms with van der Waals surface area (Å²) in [6.07, 6.45) is 1.05. The van der Waals surface area contributed by atoms with Gasteiger partial charge in [-0.15, -0.1) is 0 Å². The molecule has 0 unspecified atom stereocenters. The van der Waals surface area contributed by atoms with E-state index >= 15 is 0 Å². The zero-order valence-corrected chi connectivity index (χ0v) is 12.1. The van der Waals surface area contributed by atoms with Crippen molar-refractivity contribution >= 4 is 27.3 Å². The maximum atomic E-state index is 12.0. The first kappa shape index (κ1) is 15.1. The molecular weight excluding hydrogens is 294 g/mol. The fourth-order valence-electron chi connectivity index (χ4n) is 1.68. The molecule has 0 saturated heterocycles. The number of hydrogen-bond donors (Lipinski definition) is 3. The number of sulfonamides is 1. The van der Waals surface area contributed by atoms with Gasteiger partial charge in [0.2, 0.25) is 10.0 Å². The first-order valence-electron chi connectivity index (χ1n) is 6.05. The molecule has 112 valence electrons. The smallest absolute Gasteiger partial charge is 0.291 e. The summed E-state index contributed by atoms with van der Waals surface area (Å²) in [4.78, 5) is 12.0. The third kappa shape index (κ3) is 4.33. The van der Waals surface area contributed by atoms with Crippen molar-refractivity contribution in [2.24, 2.45) is 5.73 Å². The molecule has 8 heteroatoms. The average Bonchev–Trinajstić information content (AvgIpc) is 2.85. The van der Waals surface area contributed by atoms with Gasteiger partial charge in [-0.05, 0) is 30.3 Å². The van der Waals surface area contributed by atoms with Gasteiger partial charge in [0.15, 0.2) is 5.76 Å². The molecule has 2 aromatic rings. The number of anilines is 2. The number of nitrogens with one attached hydrogen (secondary N) is 2. The van der Waals surface area contributed by atoms with E-state index in [0.29, 0.717) is 17.1 Å². The van der Waals surface area contributed by atoms with E-state index in [2.05, 4.69) is 10.0 Å². The summed E-state index contributed by atoms with van der Waals surface area (Å²) in [6.45, 7) is 0.209. The molecule has 0 saturated carbocycles. The lowest BCUT2D eigenvalue weighted by Gasteiger charge is -2.07. The number of nitrogens with two attached hydrogens (primary N) is 1. The minimum absolute atomic E-state index is 0.136. The Kier molecular flexibility index (Phi) is 4.29. The van der Waals surface area contributed by atoms with Crippen LogP contribution in [-0.4, -0.2) is 20.6 Å². The van der Waals surface area contributed by atoms with Gasteiger partial charge in [-0.25, -0.2) is 8.42 Å². The van der Waals surface area contributed by atoms with E-state index in [1.807, 2.05) is 0 Å². The molecule has 2 rings (SSSR count). The quantitative estimate of drug-likeness (QED) is 0.771. The van der Waals surface area contributed by atoms with Crippen LogP contribution in [0.4, 0.5) is 11.4 Å². The fourth-order valence-corrected chi connectivity index (χ4v) is 2.23. The van der Waals surface area contributed by atoms with Crippen molar-refractivity contribution in [1.82, 2.24) is 0 Å². The highest BCUT2D eigenvalue weighted by Gasteiger charge is 2.11. The van der Waals surface area contributed by atoms with Crippen LogP contribution >= 0.6 is 0 Å². The summed E-state index contributed by atoms with van der Waals surface area (Å²) >= 11 is 0. The number of carbonyl (C=O) groups is 1. The minimum Gasteiger partial charge on any atom is -0.455 e. The predicted molar refractivity (Wildman–Crippen MR) is 79.5 cm³/mol. The minimum atomic E-state index is -3.37. The van der Waals surface area contributed by atoms with Crippen molar-refractivity contribution in [3.8, 4) is 0 Å². The summed E-state index contributed by atoms with van der Waals surface area (Å²) in [6, 6.07) is 9.49. The SMILES string of the molecule is CS(=O)(=O)Nc1cccc(NC(=O)c2ccc(CN)o2)c1. The standard InChI is InChI=1S/C13H15N3O4S/c1-21(18,19)16-10-4-2-3-9(7-10)15-13(17)12-6-5-11(8-14)20-12/h2-7,16H,8,14H2,1H3,(H,15,17). The number of furan rings is 1. The lowest BCUT2D eigenvalue weighted by Crippen LogP contribution is -2.12. The molecule has 1 amide bonds. The van der Waals surface area contributed by atoms with Gasteiger partial charge in [0.05, 0.1) is 18.5 Å². The lowest BCUT2D eigenvalue weighted by atomic mass is 10.3. The molecule has 0 bridgehead atoms. The normalized spacial score (nSPS) is 11.1. The Morgan fingerprint density at radius 1 is 1.24 bits per heavy atom. The number of hydrogen-bond acceptors (Lipinski definition) is 5. The Morgan fingerprint density at radius 2 is 1.95 bits per heavy atom. The van der Waals surface area contributed by atoms with Crippen molar-refractivity contribution < 1.29 is 17.6 Å². The van der Waals surface area contributed by atoms with Crippen LogP contribution in [0.5, 0.6) is 0 Å². The van der Waals surface area contributed by atoms with Gasteiger partial charge >= 0.3 is 0 Å². The molecule has 0 spiro atoms. The second kappa shape index (κ2) is 5.98. The highest BCUT2D eigenvalue weighted by Crippen LogP contribution is 2.17. The molecule has 0 fully saturated rings. The Labute approximate surface area is 122 Å². The Hall–Kier alpha value is -2.32. The molecule has 7 nitrogen and oxygen atoms in total. The molecule has 0 atom stereocenters. The van der Waals surface area contributed by atoms with Crippen molar-refractivity contribution in [3.05, 3.63) is 47.9 Å². The molecule has 0 aliphatic rings. The van der Waals surface area contributed by atoms with E-state index in [1.54, 1.807) is 24.3 Å². The van der Waals surface area contributed by atoms with E-state index in [9.17, 15) is 13.2 Å². The highest BCUT2D eigenvalue weighted by molar-refractivity contribution is 7.92. The van der Waals surface area contributed by atoms with Crippen LogP contribution in [-0.2, 0) is 16.6 Å². The number of carbonyl (C=O) groups excluding carboxylic acids is 1. The van der Waals surface area contributed by atoms with Crippen LogP contribution in [0.2, 0.25) is 0 Å². The molecule has 0 aliphatic carbocycles. The van der Waals surface area contributed by atoms with Gasteiger partial charge in [0, 0.05) is 5.69 Å². The second-order valence-corrected chi connectivity index (χ2v) is 6.13. The zero-order valence-electron chi connectivity index (χ0n) is 11.3. The zero-order chi connectivity index (χ0) is 15.5. The molecule has 1 aromatic heterocycles. The average molecular weight is 309 g/mol. The first-order chi connectivity index (χ1) is 9.87. The molecular formula is C13H15N3O4S. The molecule has 0 aliphatic heterocycles. The molecule has 4 N–H and O–H groups in total. The van der Waals surface area contributed by atoms with Gasteiger partial charge in [-0.3, -0.25) is 9.52 Å². The summed E-state index contributed by atoms with van der Waals surface area (Å²) in [5.41, 5.74) is 6.21. The molecule has 0 radical (unpaired) electrons. The topological polar surface area (TPSA) is 114 Å².